The molecule has 1 saturated heterocycles. The Kier molecular flexibility index (Phi) is 2.40. The van der Waals surface area contributed by atoms with E-state index in [9.17, 15) is 4.79 Å². The molecular weight excluding hydrogens is 216 g/mol. The van der Waals surface area contributed by atoms with Crippen LogP contribution >= 0.6 is 0 Å². The van der Waals surface area contributed by atoms with Crippen LogP contribution in [0.4, 0.5) is 0 Å². The summed E-state index contributed by atoms with van der Waals surface area (Å²) in [5.74, 6) is 1.01. The third kappa shape index (κ3) is 1.72. The average Bonchev–Trinajstić information content (AvgIpc) is 2.64. The monoisotopic (exact) mass is 230 g/mol. The summed E-state index contributed by atoms with van der Waals surface area (Å²) >= 11 is 0. The van der Waals surface area contributed by atoms with Crippen LogP contribution in [0.3, 0.4) is 0 Å². The SMILES string of the molecule is Cc1nc2ncccn2c1C1CC(=O)CCN1. The van der Waals surface area contributed by atoms with Gasteiger partial charge in [0.1, 0.15) is 5.78 Å². The van der Waals surface area contributed by atoms with Gasteiger partial charge in [-0.1, -0.05) is 0 Å². The molecule has 1 aliphatic heterocycles. The number of imidazole rings is 1. The summed E-state index contributed by atoms with van der Waals surface area (Å²) in [4.78, 5) is 20.2. The van der Waals surface area contributed by atoms with Crippen LogP contribution < -0.4 is 5.32 Å². The molecule has 0 aliphatic carbocycles. The number of Topliss-reactive ketones (excluding diaryl/α,β-unsaturated/α-hetero) is 1. The molecular formula is C12H14N4O. The number of piperidine rings is 1. The van der Waals surface area contributed by atoms with E-state index >= 15 is 0 Å². The van der Waals surface area contributed by atoms with Crippen molar-refractivity contribution in [2.45, 2.75) is 25.8 Å². The van der Waals surface area contributed by atoms with Crippen molar-refractivity contribution < 1.29 is 4.79 Å². The second-order valence-electron chi connectivity index (χ2n) is 4.37. The van der Waals surface area contributed by atoms with Crippen molar-refractivity contribution in [3.05, 3.63) is 29.8 Å². The summed E-state index contributed by atoms with van der Waals surface area (Å²) in [5, 5.41) is 3.38. The molecule has 5 heteroatoms. The van der Waals surface area contributed by atoms with Gasteiger partial charge in [-0.05, 0) is 13.0 Å². The Morgan fingerprint density at radius 1 is 1.53 bits per heavy atom. The first kappa shape index (κ1) is 10.4. The van der Waals surface area contributed by atoms with Crippen molar-refractivity contribution in [1.29, 1.82) is 0 Å². The molecule has 2 aromatic rings. The molecule has 0 amide bonds. The van der Waals surface area contributed by atoms with Gasteiger partial charge in [-0.2, -0.15) is 0 Å². The number of fused-ring (bicyclic) bond motifs is 1. The van der Waals surface area contributed by atoms with E-state index in [2.05, 4.69) is 15.3 Å². The zero-order valence-corrected chi connectivity index (χ0v) is 9.68. The lowest BCUT2D eigenvalue weighted by Crippen LogP contribution is -2.33. The molecule has 0 bridgehead atoms. The molecule has 1 fully saturated rings. The Balaban J connectivity index is 2.09. The third-order valence-electron chi connectivity index (χ3n) is 3.18. The number of ketones is 1. The summed E-state index contributed by atoms with van der Waals surface area (Å²) in [5.41, 5.74) is 2.00. The molecule has 0 radical (unpaired) electrons. The highest BCUT2D eigenvalue weighted by Crippen LogP contribution is 2.24. The van der Waals surface area contributed by atoms with Gasteiger partial charge < -0.3 is 5.32 Å². The lowest BCUT2D eigenvalue weighted by Gasteiger charge is -2.22. The zero-order chi connectivity index (χ0) is 11.8. The molecule has 3 rings (SSSR count). The Bertz CT molecular complexity index is 575. The minimum atomic E-state index is 0.0652. The smallest absolute Gasteiger partial charge is 0.234 e. The van der Waals surface area contributed by atoms with E-state index < -0.39 is 0 Å². The van der Waals surface area contributed by atoms with Crippen LogP contribution in [-0.4, -0.2) is 26.7 Å². The maximum Gasteiger partial charge on any atom is 0.234 e. The van der Waals surface area contributed by atoms with Crippen molar-refractivity contribution in [2.75, 3.05) is 6.54 Å². The summed E-state index contributed by atoms with van der Waals surface area (Å²) < 4.78 is 1.96. The quantitative estimate of drug-likeness (QED) is 0.795. The highest BCUT2D eigenvalue weighted by atomic mass is 16.1. The van der Waals surface area contributed by atoms with Crippen LogP contribution in [0.25, 0.3) is 5.78 Å². The van der Waals surface area contributed by atoms with Crippen molar-refractivity contribution in [2.24, 2.45) is 0 Å². The first-order chi connectivity index (χ1) is 8.25. The van der Waals surface area contributed by atoms with Gasteiger partial charge in [0, 0.05) is 31.8 Å². The molecule has 1 N–H and O–H groups in total. The largest absolute Gasteiger partial charge is 0.308 e. The van der Waals surface area contributed by atoms with Gasteiger partial charge in [-0.25, -0.2) is 9.97 Å². The molecule has 1 atom stereocenters. The number of rotatable bonds is 1. The standard InChI is InChI=1S/C12H14N4O/c1-8-11(10-7-9(17)3-5-13-10)16-6-2-4-14-12(16)15-8/h2,4,6,10,13H,3,5,7H2,1H3. The van der Waals surface area contributed by atoms with Gasteiger partial charge in [0.2, 0.25) is 5.78 Å². The van der Waals surface area contributed by atoms with Crippen LogP contribution in [-0.2, 0) is 4.79 Å². The number of nitrogens with zero attached hydrogens (tertiary/aromatic N) is 3. The zero-order valence-electron chi connectivity index (χ0n) is 9.68. The highest BCUT2D eigenvalue weighted by Gasteiger charge is 2.25. The van der Waals surface area contributed by atoms with Gasteiger partial charge in [0.25, 0.3) is 0 Å². The van der Waals surface area contributed by atoms with Gasteiger partial charge in [-0.15, -0.1) is 0 Å². The molecule has 0 aromatic carbocycles. The van der Waals surface area contributed by atoms with E-state index in [4.69, 9.17) is 0 Å². The number of nitrogens with one attached hydrogen (secondary N) is 1. The Morgan fingerprint density at radius 2 is 2.41 bits per heavy atom. The third-order valence-corrected chi connectivity index (χ3v) is 3.18. The molecule has 1 aliphatic rings. The van der Waals surface area contributed by atoms with Crippen LogP contribution in [0.15, 0.2) is 18.5 Å². The van der Waals surface area contributed by atoms with Crippen LogP contribution in [0.2, 0.25) is 0 Å². The van der Waals surface area contributed by atoms with Gasteiger partial charge in [-0.3, -0.25) is 9.20 Å². The minimum absolute atomic E-state index is 0.0652. The molecule has 3 heterocycles. The number of hydrogen-bond donors (Lipinski definition) is 1. The number of carbonyl (C=O) groups excluding carboxylic acids is 1. The number of carbonyl (C=O) groups is 1. The van der Waals surface area contributed by atoms with Gasteiger partial charge in [0.15, 0.2) is 0 Å². The average molecular weight is 230 g/mol. The molecule has 2 aromatic heterocycles. The molecule has 5 nitrogen and oxygen atoms in total. The van der Waals surface area contributed by atoms with E-state index in [-0.39, 0.29) is 6.04 Å². The summed E-state index contributed by atoms with van der Waals surface area (Å²) in [7, 11) is 0. The Hall–Kier alpha value is -1.75. The van der Waals surface area contributed by atoms with Crippen molar-refractivity contribution in [3.63, 3.8) is 0 Å². The van der Waals surface area contributed by atoms with E-state index in [1.165, 1.54) is 0 Å². The highest BCUT2D eigenvalue weighted by molar-refractivity contribution is 5.80. The lowest BCUT2D eigenvalue weighted by molar-refractivity contribution is -0.120. The predicted octanol–water partition coefficient (Wildman–Crippen LogP) is 1.03. The van der Waals surface area contributed by atoms with Crippen molar-refractivity contribution in [3.8, 4) is 0 Å². The first-order valence-electron chi connectivity index (χ1n) is 5.80. The number of hydrogen-bond acceptors (Lipinski definition) is 4. The van der Waals surface area contributed by atoms with E-state index in [0.717, 1.165) is 17.9 Å². The molecule has 88 valence electrons. The number of aromatic nitrogens is 3. The summed E-state index contributed by atoms with van der Waals surface area (Å²) in [6.45, 7) is 2.71. The molecule has 0 saturated carbocycles. The normalized spacial score (nSPS) is 21.0. The van der Waals surface area contributed by atoms with Crippen LogP contribution in [0.1, 0.15) is 30.3 Å². The lowest BCUT2D eigenvalue weighted by atomic mass is 10.00. The van der Waals surface area contributed by atoms with Crippen molar-refractivity contribution >= 4 is 11.6 Å². The maximum absolute atomic E-state index is 11.5. The van der Waals surface area contributed by atoms with Crippen LogP contribution in [0.5, 0.6) is 0 Å². The fourth-order valence-corrected chi connectivity index (χ4v) is 2.42. The summed E-state index contributed by atoms with van der Waals surface area (Å²) in [6, 6.07) is 1.94. The molecule has 17 heavy (non-hydrogen) atoms. The fraction of sp³-hybridized carbons (Fsp3) is 0.417. The van der Waals surface area contributed by atoms with E-state index in [0.29, 0.717) is 24.4 Å². The fourth-order valence-electron chi connectivity index (χ4n) is 2.42. The summed E-state index contributed by atoms with van der Waals surface area (Å²) in [6.07, 6.45) is 4.84. The van der Waals surface area contributed by atoms with Crippen LogP contribution in [0, 0.1) is 6.92 Å². The van der Waals surface area contributed by atoms with Gasteiger partial charge in [0.05, 0.1) is 17.4 Å². The Labute approximate surface area is 98.9 Å². The second-order valence-corrected chi connectivity index (χ2v) is 4.37. The molecule has 0 spiro atoms. The first-order valence-corrected chi connectivity index (χ1v) is 5.80. The van der Waals surface area contributed by atoms with E-state index in [1.807, 2.05) is 23.6 Å². The Morgan fingerprint density at radius 3 is 3.24 bits per heavy atom. The van der Waals surface area contributed by atoms with Crippen molar-refractivity contribution in [1.82, 2.24) is 19.7 Å². The minimum Gasteiger partial charge on any atom is -0.308 e. The molecule has 1 unspecified atom stereocenters. The topological polar surface area (TPSA) is 59.3 Å². The number of aryl methyl sites for hydroxylation is 1. The maximum atomic E-state index is 11.5. The van der Waals surface area contributed by atoms with Gasteiger partial charge >= 0.3 is 0 Å². The van der Waals surface area contributed by atoms with E-state index in [1.54, 1.807) is 6.20 Å². The second kappa shape index (κ2) is 3.92. The predicted molar refractivity (Wildman–Crippen MR) is 62.7 cm³/mol.